The molecule has 1 atom stereocenters. The summed E-state index contributed by atoms with van der Waals surface area (Å²) in [6.07, 6.45) is 4.69. The number of halogens is 1. The van der Waals surface area contributed by atoms with E-state index in [2.05, 4.69) is 27.3 Å². The average molecular weight is 498 g/mol. The summed E-state index contributed by atoms with van der Waals surface area (Å²) < 4.78 is 5.61. The normalized spacial score (nSPS) is 23.8. The van der Waals surface area contributed by atoms with E-state index >= 15 is 0 Å². The number of guanidine groups is 1. The van der Waals surface area contributed by atoms with Crippen molar-refractivity contribution in [1.82, 2.24) is 10.2 Å². The summed E-state index contributed by atoms with van der Waals surface area (Å²) in [5.74, 6) is 1.18. The molecule has 3 heterocycles. The molecule has 0 bridgehead atoms. The molecule has 0 aliphatic carbocycles. The first kappa shape index (κ1) is 21.4. The first-order chi connectivity index (χ1) is 13.2. The van der Waals surface area contributed by atoms with E-state index in [0.29, 0.717) is 11.8 Å². The minimum Gasteiger partial charge on any atom is -0.381 e. The number of carbonyl (C=O) groups excluding carboxylic acids is 1. The van der Waals surface area contributed by atoms with Crippen molar-refractivity contribution in [3.8, 4) is 0 Å². The van der Waals surface area contributed by atoms with Crippen LogP contribution < -0.4 is 10.2 Å². The van der Waals surface area contributed by atoms with Crippen LogP contribution in [0, 0.1) is 5.41 Å². The molecule has 154 valence electrons. The summed E-state index contributed by atoms with van der Waals surface area (Å²) in [5, 5.41) is 3.45. The second-order valence-electron chi connectivity index (χ2n) is 7.98. The highest BCUT2D eigenvalue weighted by atomic mass is 127. The lowest BCUT2D eigenvalue weighted by Gasteiger charge is -2.25. The van der Waals surface area contributed by atoms with E-state index in [9.17, 15) is 4.79 Å². The lowest BCUT2D eigenvalue weighted by molar-refractivity contribution is -0.118. The van der Waals surface area contributed by atoms with Gasteiger partial charge in [-0.15, -0.1) is 24.0 Å². The van der Waals surface area contributed by atoms with E-state index in [1.165, 1.54) is 12.0 Å². The minimum absolute atomic E-state index is 0. The molecule has 1 spiro atoms. The number of rotatable bonds is 4. The van der Waals surface area contributed by atoms with Gasteiger partial charge in [-0.05, 0) is 37.3 Å². The SMILES string of the molecule is CN=C(NCCCC(=O)N1CCc2ccccc21)N1CCC2(CCOC2)C1.I. The van der Waals surface area contributed by atoms with Gasteiger partial charge in [-0.25, -0.2) is 0 Å². The van der Waals surface area contributed by atoms with Gasteiger partial charge < -0.3 is 19.9 Å². The minimum atomic E-state index is 0. The van der Waals surface area contributed by atoms with Crippen LogP contribution in [-0.2, 0) is 16.0 Å². The van der Waals surface area contributed by atoms with Crippen LogP contribution in [0.3, 0.4) is 0 Å². The molecule has 2 fully saturated rings. The third-order valence-corrected chi connectivity index (χ3v) is 6.17. The molecule has 28 heavy (non-hydrogen) atoms. The molecule has 1 unspecified atom stereocenters. The van der Waals surface area contributed by atoms with E-state index in [1.807, 2.05) is 24.1 Å². The van der Waals surface area contributed by atoms with Crippen LogP contribution in [0.2, 0.25) is 0 Å². The molecule has 3 aliphatic rings. The zero-order valence-electron chi connectivity index (χ0n) is 16.7. The van der Waals surface area contributed by atoms with Crippen molar-refractivity contribution in [1.29, 1.82) is 0 Å². The highest BCUT2D eigenvalue weighted by Crippen LogP contribution is 2.38. The Morgan fingerprint density at radius 1 is 1.29 bits per heavy atom. The monoisotopic (exact) mass is 498 g/mol. The molecule has 7 heteroatoms. The van der Waals surface area contributed by atoms with Crippen LogP contribution in [0.4, 0.5) is 5.69 Å². The van der Waals surface area contributed by atoms with Crippen molar-refractivity contribution in [3.63, 3.8) is 0 Å². The number of likely N-dealkylation sites (tertiary alicyclic amines) is 1. The molecule has 2 saturated heterocycles. The Kier molecular flexibility index (Phi) is 7.20. The van der Waals surface area contributed by atoms with Crippen LogP contribution >= 0.6 is 24.0 Å². The number of fused-ring (bicyclic) bond motifs is 1. The largest absolute Gasteiger partial charge is 0.381 e. The fourth-order valence-corrected chi connectivity index (χ4v) is 4.59. The quantitative estimate of drug-likeness (QED) is 0.300. The van der Waals surface area contributed by atoms with Gasteiger partial charge in [0.2, 0.25) is 5.91 Å². The third kappa shape index (κ3) is 4.45. The summed E-state index contributed by atoms with van der Waals surface area (Å²) in [7, 11) is 1.84. The summed E-state index contributed by atoms with van der Waals surface area (Å²) in [5.41, 5.74) is 2.70. The van der Waals surface area contributed by atoms with Gasteiger partial charge in [0.25, 0.3) is 0 Å². The number of nitrogens with zero attached hydrogens (tertiary/aromatic N) is 3. The fraction of sp³-hybridized carbons (Fsp3) is 0.619. The number of hydrogen-bond donors (Lipinski definition) is 1. The van der Waals surface area contributed by atoms with Gasteiger partial charge in [0.1, 0.15) is 0 Å². The van der Waals surface area contributed by atoms with Crippen molar-refractivity contribution in [3.05, 3.63) is 29.8 Å². The number of nitrogens with one attached hydrogen (secondary N) is 1. The Labute approximate surface area is 184 Å². The molecule has 1 aromatic carbocycles. The molecule has 3 aliphatic heterocycles. The number of aliphatic imine (C=N–C) groups is 1. The number of benzene rings is 1. The van der Waals surface area contributed by atoms with Gasteiger partial charge in [-0.1, -0.05) is 18.2 Å². The number of ether oxygens (including phenoxy) is 1. The Hall–Kier alpha value is -1.35. The summed E-state index contributed by atoms with van der Waals surface area (Å²) >= 11 is 0. The van der Waals surface area contributed by atoms with Gasteiger partial charge in [0.05, 0.1) is 6.61 Å². The molecule has 6 nitrogen and oxygen atoms in total. The van der Waals surface area contributed by atoms with Crippen molar-refractivity contribution in [2.24, 2.45) is 10.4 Å². The van der Waals surface area contributed by atoms with Crippen molar-refractivity contribution >= 4 is 41.5 Å². The number of carbonyl (C=O) groups is 1. The van der Waals surface area contributed by atoms with Gasteiger partial charge in [-0.2, -0.15) is 0 Å². The number of para-hydroxylation sites is 1. The van der Waals surface area contributed by atoms with Crippen LogP contribution in [0.1, 0.15) is 31.2 Å². The third-order valence-electron chi connectivity index (χ3n) is 6.17. The summed E-state index contributed by atoms with van der Waals surface area (Å²) in [4.78, 5) is 21.3. The Balaban J connectivity index is 0.00000225. The first-order valence-corrected chi connectivity index (χ1v) is 10.1. The zero-order valence-corrected chi connectivity index (χ0v) is 19.0. The Morgan fingerprint density at radius 2 is 2.14 bits per heavy atom. The lowest BCUT2D eigenvalue weighted by Crippen LogP contribution is -2.42. The molecule has 1 N–H and O–H groups in total. The van der Waals surface area contributed by atoms with Crippen molar-refractivity contribution in [2.75, 3.05) is 51.3 Å². The van der Waals surface area contributed by atoms with E-state index in [-0.39, 0.29) is 29.9 Å². The van der Waals surface area contributed by atoms with Crippen molar-refractivity contribution < 1.29 is 9.53 Å². The maximum Gasteiger partial charge on any atom is 0.227 e. The number of hydrogen-bond acceptors (Lipinski definition) is 3. The Morgan fingerprint density at radius 3 is 2.93 bits per heavy atom. The van der Waals surface area contributed by atoms with Gasteiger partial charge >= 0.3 is 0 Å². The highest BCUT2D eigenvalue weighted by molar-refractivity contribution is 14.0. The second kappa shape index (κ2) is 9.43. The van der Waals surface area contributed by atoms with Gasteiger partial charge in [-0.3, -0.25) is 9.79 Å². The Bertz CT molecular complexity index is 718. The zero-order chi connectivity index (χ0) is 18.7. The van der Waals surface area contributed by atoms with Gasteiger partial charge in [0.15, 0.2) is 5.96 Å². The topological polar surface area (TPSA) is 57.2 Å². The van der Waals surface area contributed by atoms with Crippen LogP contribution in [-0.4, -0.2) is 63.2 Å². The average Bonchev–Trinajstić information content (AvgIpc) is 3.42. The summed E-state index contributed by atoms with van der Waals surface area (Å²) in [6, 6.07) is 8.22. The first-order valence-electron chi connectivity index (χ1n) is 10.1. The standard InChI is InChI=1S/C21H30N4O2.HI/c1-22-20(24-13-9-21(15-24)10-14-27-16-21)23-11-4-7-19(26)25-12-8-17-5-2-3-6-18(17)25;/h2-3,5-6H,4,7-16H2,1H3,(H,22,23);1H. The predicted octanol–water partition coefficient (Wildman–Crippen LogP) is 2.66. The van der Waals surface area contributed by atoms with E-state index in [0.717, 1.165) is 70.3 Å². The fourth-order valence-electron chi connectivity index (χ4n) is 4.59. The number of anilines is 1. The highest BCUT2D eigenvalue weighted by Gasteiger charge is 2.42. The maximum absolute atomic E-state index is 12.6. The van der Waals surface area contributed by atoms with Gasteiger partial charge in [0, 0.05) is 57.4 Å². The second-order valence-corrected chi connectivity index (χ2v) is 7.98. The lowest BCUT2D eigenvalue weighted by atomic mass is 9.87. The van der Waals surface area contributed by atoms with E-state index in [4.69, 9.17) is 4.74 Å². The molecular weight excluding hydrogens is 467 g/mol. The van der Waals surface area contributed by atoms with Crippen LogP contribution in [0.25, 0.3) is 0 Å². The van der Waals surface area contributed by atoms with E-state index in [1.54, 1.807) is 0 Å². The van der Waals surface area contributed by atoms with E-state index < -0.39 is 0 Å². The number of amides is 1. The molecule has 1 aromatic rings. The molecular formula is C21H31IN4O2. The molecule has 4 rings (SSSR count). The molecule has 0 aromatic heterocycles. The maximum atomic E-state index is 12.6. The van der Waals surface area contributed by atoms with Crippen LogP contribution in [0.15, 0.2) is 29.3 Å². The van der Waals surface area contributed by atoms with Crippen molar-refractivity contribution in [2.45, 2.75) is 32.1 Å². The summed E-state index contributed by atoms with van der Waals surface area (Å²) in [6.45, 7) is 5.41. The smallest absolute Gasteiger partial charge is 0.227 e. The molecule has 0 saturated carbocycles. The van der Waals surface area contributed by atoms with Crippen LogP contribution in [0.5, 0.6) is 0 Å². The predicted molar refractivity (Wildman–Crippen MR) is 123 cm³/mol. The molecule has 0 radical (unpaired) electrons. The molecule has 1 amide bonds.